The zero-order valence-corrected chi connectivity index (χ0v) is 14.5. The lowest BCUT2D eigenvalue weighted by Gasteiger charge is -2.33. The van der Waals surface area contributed by atoms with Crippen LogP contribution in [0, 0.1) is 5.92 Å². The van der Waals surface area contributed by atoms with Gasteiger partial charge < -0.3 is 10.0 Å². The van der Waals surface area contributed by atoms with Crippen LogP contribution in [-0.4, -0.2) is 44.9 Å². The Hall–Kier alpha value is -1.85. The highest BCUT2D eigenvalue weighted by atomic mass is 35.5. The predicted octanol–water partition coefficient (Wildman–Crippen LogP) is 2.82. The Morgan fingerprint density at radius 3 is 2.75 bits per heavy atom. The minimum absolute atomic E-state index is 0.00412. The molecule has 1 N–H and O–H groups in total. The minimum atomic E-state index is -0.305. The van der Waals surface area contributed by atoms with Crippen LogP contribution >= 0.6 is 11.6 Å². The summed E-state index contributed by atoms with van der Waals surface area (Å²) >= 11 is 6.17. The van der Waals surface area contributed by atoms with Gasteiger partial charge in [0.2, 0.25) is 0 Å². The summed E-state index contributed by atoms with van der Waals surface area (Å²) in [6, 6.07) is 7.62. The van der Waals surface area contributed by atoms with E-state index in [2.05, 4.69) is 5.10 Å². The van der Waals surface area contributed by atoms with Crippen LogP contribution in [0.15, 0.2) is 36.7 Å². The molecule has 1 aliphatic heterocycles. The smallest absolute Gasteiger partial charge is 0.257 e. The van der Waals surface area contributed by atoms with Crippen LogP contribution in [0.5, 0.6) is 0 Å². The summed E-state index contributed by atoms with van der Waals surface area (Å²) in [5, 5.41) is 14.6. The average molecular weight is 348 g/mol. The van der Waals surface area contributed by atoms with Crippen molar-refractivity contribution < 1.29 is 9.90 Å². The van der Waals surface area contributed by atoms with Crippen LogP contribution in [0.2, 0.25) is 5.02 Å². The van der Waals surface area contributed by atoms with Crippen molar-refractivity contribution in [3.05, 3.63) is 52.8 Å². The summed E-state index contributed by atoms with van der Waals surface area (Å²) in [7, 11) is 0. The first kappa shape index (κ1) is 17.0. The summed E-state index contributed by atoms with van der Waals surface area (Å²) in [6.07, 6.45) is 4.77. The number of aromatic nitrogens is 2. The molecule has 24 heavy (non-hydrogen) atoms. The van der Waals surface area contributed by atoms with E-state index in [4.69, 9.17) is 11.6 Å². The fourth-order valence-electron chi connectivity index (χ4n) is 3.13. The van der Waals surface area contributed by atoms with Gasteiger partial charge in [-0.05, 0) is 37.3 Å². The van der Waals surface area contributed by atoms with E-state index in [1.165, 1.54) is 0 Å². The zero-order valence-electron chi connectivity index (χ0n) is 13.7. The normalized spacial score (nSPS) is 17.0. The Morgan fingerprint density at radius 1 is 1.38 bits per heavy atom. The number of carbonyl (C=O) groups is 1. The number of carbonyl (C=O) groups excluding carboxylic acids is 1. The van der Waals surface area contributed by atoms with Gasteiger partial charge in [0.05, 0.1) is 24.4 Å². The van der Waals surface area contributed by atoms with Crippen LogP contribution in [0.3, 0.4) is 0 Å². The van der Waals surface area contributed by atoms with E-state index in [9.17, 15) is 9.90 Å². The molecule has 1 aliphatic rings. The molecule has 1 atom stereocenters. The highest BCUT2D eigenvalue weighted by molar-refractivity contribution is 6.31. The summed E-state index contributed by atoms with van der Waals surface area (Å²) in [5.74, 6) is 0.293. The van der Waals surface area contributed by atoms with Crippen LogP contribution < -0.4 is 0 Å². The summed E-state index contributed by atoms with van der Waals surface area (Å²) in [5.41, 5.74) is 1.57. The maximum atomic E-state index is 12.6. The molecule has 128 valence electrons. The first-order chi connectivity index (χ1) is 11.5. The molecule has 1 unspecified atom stereocenters. The van der Waals surface area contributed by atoms with Gasteiger partial charge in [-0.3, -0.25) is 9.48 Å². The molecule has 2 heterocycles. The zero-order chi connectivity index (χ0) is 17.1. The van der Waals surface area contributed by atoms with Crippen molar-refractivity contribution in [3.8, 4) is 0 Å². The van der Waals surface area contributed by atoms with Crippen LogP contribution in [0.4, 0.5) is 0 Å². The molecule has 0 bridgehead atoms. The van der Waals surface area contributed by atoms with Crippen LogP contribution in [-0.2, 0) is 6.54 Å². The van der Waals surface area contributed by atoms with Crippen molar-refractivity contribution in [2.24, 2.45) is 5.92 Å². The second-order valence-electron chi connectivity index (χ2n) is 6.39. The molecule has 1 amide bonds. The maximum Gasteiger partial charge on any atom is 0.257 e. The average Bonchev–Trinajstić information content (AvgIpc) is 3.05. The second-order valence-corrected chi connectivity index (χ2v) is 6.80. The van der Waals surface area contributed by atoms with Gasteiger partial charge in [0.25, 0.3) is 5.91 Å². The van der Waals surface area contributed by atoms with Crippen molar-refractivity contribution in [2.75, 3.05) is 13.1 Å². The molecule has 1 saturated heterocycles. The van der Waals surface area contributed by atoms with Crippen molar-refractivity contribution in [2.45, 2.75) is 32.4 Å². The van der Waals surface area contributed by atoms with E-state index in [1.807, 2.05) is 36.1 Å². The Morgan fingerprint density at radius 2 is 2.08 bits per heavy atom. The lowest BCUT2D eigenvalue weighted by molar-refractivity contribution is 0.0521. The third-order valence-electron chi connectivity index (χ3n) is 4.68. The van der Waals surface area contributed by atoms with Crippen molar-refractivity contribution in [1.82, 2.24) is 14.7 Å². The molecule has 1 aromatic heterocycles. The van der Waals surface area contributed by atoms with E-state index >= 15 is 0 Å². The van der Waals surface area contributed by atoms with E-state index < -0.39 is 0 Å². The monoisotopic (exact) mass is 347 g/mol. The van der Waals surface area contributed by atoms with Crippen molar-refractivity contribution in [3.63, 3.8) is 0 Å². The molecule has 0 saturated carbocycles. The molecule has 3 rings (SSSR count). The van der Waals surface area contributed by atoms with E-state index in [-0.39, 0.29) is 17.9 Å². The first-order valence-corrected chi connectivity index (χ1v) is 8.65. The van der Waals surface area contributed by atoms with E-state index in [0.717, 1.165) is 18.4 Å². The fourth-order valence-corrected chi connectivity index (χ4v) is 3.32. The lowest BCUT2D eigenvalue weighted by atomic mass is 9.92. The van der Waals surface area contributed by atoms with Gasteiger partial charge in [-0.25, -0.2) is 0 Å². The molecule has 1 fully saturated rings. The number of hydrogen-bond acceptors (Lipinski definition) is 3. The topological polar surface area (TPSA) is 58.4 Å². The number of piperidine rings is 1. The quantitative estimate of drug-likeness (QED) is 0.925. The standard InChI is InChI=1S/C18H22ClN3O2/c1-13(23)14-6-8-21(9-7-14)18(24)16-10-20-22(12-16)11-15-4-2-3-5-17(15)19/h2-5,10,12-14,23H,6-9,11H2,1H3. The van der Waals surface area contributed by atoms with Gasteiger partial charge >= 0.3 is 0 Å². The Labute approximate surface area is 146 Å². The largest absolute Gasteiger partial charge is 0.393 e. The molecule has 2 aromatic rings. The Bertz CT molecular complexity index is 706. The second kappa shape index (κ2) is 7.36. The summed E-state index contributed by atoms with van der Waals surface area (Å²) < 4.78 is 1.73. The molecular formula is C18H22ClN3O2. The SMILES string of the molecule is CC(O)C1CCN(C(=O)c2cnn(Cc3ccccc3Cl)c2)CC1. The number of hydrogen-bond donors (Lipinski definition) is 1. The van der Waals surface area contributed by atoms with Gasteiger partial charge in [-0.1, -0.05) is 29.8 Å². The highest BCUT2D eigenvalue weighted by Crippen LogP contribution is 2.22. The summed E-state index contributed by atoms with van der Waals surface area (Å²) in [6.45, 7) is 3.73. The molecule has 0 aliphatic carbocycles. The maximum absolute atomic E-state index is 12.6. The third kappa shape index (κ3) is 3.79. The molecular weight excluding hydrogens is 326 g/mol. The Balaban J connectivity index is 1.63. The van der Waals surface area contributed by atoms with Gasteiger partial charge in [-0.2, -0.15) is 5.10 Å². The Kier molecular flexibility index (Phi) is 5.21. The number of nitrogens with zero attached hydrogens (tertiary/aromatic N) is 3. The minimum Gasteiger partial charge on any atom is -0.393 e. The number of aliphatic hydroxyl groups excluding tert-OH is 1. The molecule has 1 aromatic carbocycles. The molecule has 5 nitrogen and oxygen atoms in total. The number of rotatable bonds is 4. The van der Waals surface area contributed by atoms with Crippen LogP contribution in [0.1, 0.15) is 35.7 Å². The summed E-state index contributed by atoms with van der Waals surface area (Å²) in [4.78, 5) is 14.4. The molecule has 6 heteroatoms. The number of amides is 1. The van der Waals surface area contributed by atoms with Gasteiger partial charge in [0.15, 0.2) is 0 Å². The number of benzene rings is 1. The lowest BCUT2D eigenvalue weighted by Crippen LogP contribution is -2.40. The highest BCUT2D eigenvalue weighted by Gasteiger charge is 2.26. The molecule has 0 spiro atoms. The van der Waals surface area contributed by atoms with Crippen molar-refractivity contribution >= 4 is 17.5 Å². The van der Waals surface area contributed by atoms with Gasteiger partial charge in [-0.15, -0.1) is 0 Å². The number of likely N-dealkylation sites (tertiary alicyclic amines) is 1. The third-order valence-corrected chi connectivity index (χ3v) is 5.05. The fraction of sp³-hybridized carbons (Fsp3) is 0.444. The van der Waals surface area contributed by atoms with E-state index in [1.54, 1.807) is 17.1 Å². The molecule has 0 radical (unpaired) electrons. The van der Waals surface area contributed by atoms with Gasteiger partial charge in [0, 0.05) is 24.3 Å². The van der Waals surface area contributed by atoms with Crippen LogP contribution in [0.25, 0.3) is 0 Å². The first-order valence-electron chi connectivity index (χ1n) is 8.28. The number of aliphatic hydroxyl groups is 1. The van der Waals surface area contributed by atoms with Gasteiger partial charge in [0.1, 0.15) is 0 Å². The van der Waals surface area contributed by atoms with E-state index in [0.29, 0.717) is 30.2 Å². The number of halogens is 1. The van der Waals surface area contributed by atoms with Crippen molar-refractivity contribution in [1.29, 1.82) is 0 Å². The predicted molar refractivity (Wildman–Crippen MR) is 93.1 cm³/mol.